The summed E-state index contributed by atoms with van der Waals surface area (Å²) in [4.78, 5) is 23.8. The molecule has 2 rings (SSSR count). The molecule has 110 valence electrons. The maximum atomic E-state index is 12.3. The first kappa shape index (κ1) is 15.2. The Morgan fingerprint density at radius 3 is 2.24 bits per heavy atom. The van der Waals surface area contributed by atoms with Gasteiger partial charge in [-0.15, -0.1) is 0 Å². The first-order chi connectivity index (χ1) is 9.98. The molecule has 1 aliphatic carbocycles. The molecule has 0 unspecified atom stereocenters. The molecule has 0 radical (unpaired) electrons. The Labute approximate surface area is 124 Å². The summed E-state index contributed by atoms with van der Waals surface area (Å²) in [6, 6.07) is 9.49. The van der Waals surface area contributed by atoms with E-state index in [1.165, 1.54) is 19.3 Å². The highest BCUT2D eigenvalue weighted by Gasteiger charge is 2.38. The Balaban J connectivity index is 2.19. The van der Waals surface area contributed by atoms with Gasteiger partial charge in [0, 0.05) is 7.11 Å². The van der Waals surface area contributed by atoms with Crippen molar-refractivity contribution in [3.63, 3.8) is 0 Å². The van der Waals surface area contributed by atoms with Crippen molar-refractivity contribution in [1.82, 2.24) is 5.32 Å². The number of amides is 1. The van der Waals surface area contributed by atoms with Crippen LogP contribution in [0.2, 0.25) is 0 Å². The fraction of sp³-hybridized carbons (Fsp3) is 0.294. The number of carbonyl (C=O) groups is 2. The molecule has 4 heteroatoms. The summed E-state index contributed by atoms with van der Waals surface area (Å²) in [6.07, 6.45) is 3.24. The standard InChI is InChI=1S/C17H19NO3/c1-12-9-15(19)10-13(2)17(12,21-3)18-16(20)11-14-7-5-4-6-8-14/h4-10H,11H2,1-3H3,(H,18,20). The van der Waals surface area contributed by atoms with Crippen molar-refractivity contribution in [3.8, 4) is 0 Å². The van der Waals surface area contributed by atoms with Crippen molar-refractivity contribution in [2.45, 2.75) is 26.0 Å². The smallest absolute Gasteiger partial charge is 0.227 e. The second-order valence-corrected chi connectivity index (χ2v) is 5.15. The van der Waals surface area contributed by atoms with Crippen LogP contribution < -0.4 is 5.32 Å². The van der Waals surface area contributed by atoms with Gasteiger partial charge in [0.1, 0.15) is 0 Å². The molecule has 0 atom stereocenters. The predicted molar refractivity (Wildman–Crippen MR) is 80.5 cm³/mol. The van der Waals surface area contributed by atoms with Crippen LogP contribution in [0.1, 0.15) is 19.4 Å². The molecule has 0 aliphatic heterocycles. The Morgan fingerprint density at radius 2 is 1.71 bits per heavy atom. The molecule has 0 fully saturated rings. The van der Waals surface area contributed by atoms with Crippen molar-refractivity contribution >= 4 is 11.7 Å². The minimum Gasteiger partial charge on any atom is -0.351 e. The monoisotopic (exact) mass is 285 g/mol. The van der Waals surface area contributed by atoms with Crippen molar-refractivity contribution in [2.75, 3.05) is 7.11 Å². The third kappa shape index (κ3) is 3.11. The zero-order valence-corrected chi connectivity index (χ0v) is 12.5. The lowest BCUT2D eigenvalue weighted by Crippen LogP contribution is -2.53. The zero-order chi connectivity index (χ0) is 15.5. The topological polar surface area (TPSA) is 55.4 Å². The largest absolute Gasteiger partial charge is 0.351 e. The first-order valence-electron chi connectivity index (χ1n) is 6.79. The number of methoxy groups -OCH3 is 1. The molecule has 1 aromatic rings. The van der Waals surface area contributed by atoms with Gasteiger partial charge in [-0.05, 0) is 42.7 Å². The van der Waals surface area contributed by atoms with Crippen LogP contribution in [0.4, 0.5) is 0 Å². The van der Waals surface area contributed by atoms with Crippen LogP contribution in [-0.4, -0.2) is 24.5 Å². The molecule has 1 N–H and O–H groups in total. The van der Waals surface area contributed by atoms with Gasteiger partial charge < -0.3 is 10.1 Å². The number of carbonyl (C=O) groups excluding carboxylic acids is 2. The molecule has 0 aromatic heterocycles. The zero-order valence-electron chi connectivity index (χ0n) is 12.5. The van der Waals surface area contributed by atoms with Crippen LogP contribution in [0.25, 0.3) is 0 Å². The van der Waals surface area contributed by atoms with Crippen molar-refractivity contribution < 1.29 is 14.3 Å². The van der Waals surface area contributed by atoms with E-state index in [0.717, 1.165) is 5.56 Å². The van der Waals surface area contributed by atoms with E-state index in [4.69, 9.17) is 4.74 Å². The molecule has 4 nitrogen and oxygen atoms in total. The third-order valence-corrected chi connectivity index (χ3v) is 3.66. The quantitative estimate of drug-likeness (QED) is 0.863. The molecule has 0 spiro atoms. The average Bonchev–Trinajstić information content (AvgIpc) is 2.44. The molecule has 1 aromatic carbocycles. The van der Waals surface area contributed by atoms with Gasteiger partial charge in [0.05, 0.1) is 6.42 Å². The van der Waals surface area contributed by atoms with Crippen LogP contribution in [-0.2, 0) is 20.7 Å². The minimum atomic E-state index is -1.03. The molecule has 1 aliphatic rings. The van der Waals surface area contributed by atoms with E-state index in [-0.39, 0.29) is 18.1 Å². The number of benzene rings is 1. The van der Waals surface area contributed by atoms with Crippen molar-refractivity contribution in [2.24, 2.45) is 0 Å². The average molecular weight is 285 g/mol. The lowest BCUT2D eigenvalue weighted by molar-refractivity contribution is -0.126. The van der Waals surface area contributed by atoms with E-state index in [1.54, 1.807) is 13.8 Å². The maximum absolute atomic E-state index is 12.3. The summed E-state index contributed by atoms with van der Waals surface area (Å²) >= 11 is 0. The molecule has 0 heterocycles. The summed E-state index contributed by atoms with van der Waals surface area (Å²) in [7, 11) is 1.52. The Morgan fingerprint density at radius 1 is 1.14 bits per heavy atom. The fourth-order valence-electron chi connectivity index (χ4n) is 2.57. The molecule has 0 saturated heterocycles. The number of ketones is 1. The normalized spacial score (nSPS) is 17.0. The van der Waals surface area contributed by atoms with Crippen LogP contribution in [0, 0.1) is 0 Å². The van der Waals surface area contributed by atoms with Crippen molar-refractivity contribution in [3.05, 3.63) is 59.2 Å². The van der Waals surface area contributed by atoms with E-state index in [9.17, 15) is 9.59 Å². The van der Waals surface area contributed by atoms with E-state index in [2.05, 4.69) is 5.32 Å². The van der Waals surface area contributed by atoms with Gasteiger partial charge >= 0.3 is 0 Å². The number of ether oxygens (including phenoxy) is 1. The maximum Gasteiger partial charge on any atom is 0.227 e. The molecule has 1 amide bonds. The number of nitrogens with one attached hydrogen (secondary N) is 1. The van der Waals surface area contributed by atoms with Gasteiger partial charge in [-0.2, -0.15) is 0 Å². The van der Waals surface area contributed by atoms with E-state index in [0.29, 0.717) is 11.1 Å². The fourth-order valence-corrected chi connectivity index (χ4v) is 2.57. The highest BCUT2D eigenvalue weighted by atomic mass is 16.5. The lowest BCUT2D eigenvalue weighted by Gasteiger charge is -2.37. The van der Waals surface area contributed by atoms with Crippen LogP contribution in [0.3, 0.4) is 0 Å². The summed E-state index contributed by atoms with van der Waals surface area (Å²) in [6.45, 7) is 3.56. The Hall–Kier alpha value is -2.20. The molecular formula is C17H19NO3. The number of allylic oxidation sites excluding steroid dienone is 2. The summed E-state index contributed by atoms with van der Waals surface area (Å²) < 4.78 is 5.54. The Bertz CT molecular complexity index is 592. The predicted octanol–water partition coefficient (Wildman–Crippen LogP) is 2.16. The van der Waals surface area contributed by atoms with Gasteiger partial charge in [0.25, 0.3) is 0 Å². The minimum absolute atomic E-state index is 0.0880. The van der Waals surface area contributed by atoms with Gasteiger partial charge in [0.2, 0.25) is 5.91 Å². The van der Waals surface area contributed by atoms with Gasteiger partial charge in [-0.3, -0.25) is 9.59 Å². The van der Waals surface area contributed by atoms with E-state index < -0.39 is 5.72 Å². The number of hydrogen-bond acceptors (Lipinski definition) is 3. The summed E-state index contributed by atoms with van der Waals surface area (Å²) in [5.74, 6) is -0.243. The van der Waals surface area contributed by atoms with Crippen molar-refractivity contribution in [1.29, 1.82) is 0 Å². The highest BCUT2D eigenvalue weighted by Crippen LogP contribution is 2.30. The summed E-state index contributed by atoms with van der Waals surface area (Å²) in [5.41, 5.74) is 1.25. The second kappa shape index (κ2) is 6.06. The first-order valence-corrected chi connectivity index (χ1v) is 6.79. The molecule has 0 saturated carbocycles. The van der Waals surface area contributed by atoms with Crippen LogP contribution in [0.15, 0.2) is 53.6 Å². The molecular weight excluding hydrogens is 266 g/mol. The van der Waals surface area contributed by atoms with Crippen LogP contribution in [0.5, 0.6) is 0 Å². The SMILES string of the molecule is COC1(NC(=O)Cc2ccccc2)C(C)=CC(=O)C=C1C. The second-order valence-electron chi connectivity index (χ2n) is 5.15. The summed E-state index contributed by atoms with van der Waals surface area (Å²) in [5, 5.41) is 2.90. The van der Waals surface area contributed by atoms with Gasteiger partial charge in [0.15, 0.2) is 11.5 Å². The lowest BCUT2D eigenvalue weighted by atomic mass is 9.89. The Kier molecular flexibility index (Phi) is 4.38. The highest BCUT2D eigenvalue weighted by molar-refractivity contribution is 6.02. The third-order valence-electron chi connectivity index (χ3n) is 3.66. The molecule has 0 bridgehead atoms. The van der Waals surface area contributed by atoms with Crippen LogP contribution >= 0.6 is 0 Å². The number of rotatable bonds is 4. The van der Waals surface area contributed by atoms with Gasteiger partial charge in [-0.1, -0.05) is 30.3 Å². The van der Waals surface area contributed by atoms with E-state index >= 15 is 0 Å². The molecule has 21 heavy (non-hydrogen) atoms. The van der Waals surface area contributed by atoms with Gasteiger partial charge in [-0.25, -0.2) is 0 Å². The van der Waals surface area contributed by atoms with E-state index in [1.807, 2.05) is 30.3 Å². The number of hydrogen-bond donors (Lipinski definition) is 1.